The lowest BCUT2D eigenvalue weighted by molar-refractivity contribution is 0.0629. The van der Waals surface area contributed by atoms with Crippen LogP contribution in [0.3, 0.4) is 0 Å². The summed E-state index contributed by atoms with van der Waals surface area (Å²) in [6.45, 7) is 5.74. The zero-order valence-corrected chi connectivity index (χ0v) is 15.4. The van der Waals surface area contributed by atoms with Gasteiger partial charge in [0.05, 0.1) is 11.4 Å². The van der Waals surface area contributed by atoms with Crippen LogP contribution in [-0.2, 0) is 6.54 Å². The second kappa shape index (κ2) is 7.39. The minimum Gasteiger partial charge on any atom is -0.335 e. The molecule has 0 radical (unpaired) electrons. The molecule has 2 aromatic heterocycles. The Bertz CT molecular complexity index is 883. The fourth-order valence-electron chi connectivity index (χ4n) is 3.08. The lowest BCUT2D eigenvalue weighted by atomic mass is 10.1. The Balaban J connectivity index is 1.34. The number of thiophene rings is 1. The van der Waals surface area contributed by atoms with Crippen LogP contribution in [0.5, 0.6) is 0 Å². The molecule has 7 heteroatoms. The highest BCUT2D eigenvalue weighted by Crippen LogP contribution is 2.19. The molecule has 0 aliphatic carbocycles. The summed E-state index contributed by atoms with van der Waals surface area (Å²) in [6.07, 6.45) is 0. The summed E-state index contributed by atoms with van der Waals surface area (Å²) < 4.78 is 5.40. The van der Waals surface area contributed by atoms with E-state index in [0.717, 1.165) is 42.2 Å². The molecule has 0 saturated carbocycles. The number of hydrogen-bond acceptors (Lipinski definition) is 6. The van der Waals surface area contributed by atoms with Crippen molar-refractivity contribution in [2.75, 3.05) is 26.2 Å². The van der Waals surface area contributed by atoms with Gasteiger partial charge in [-0.15, -0.1) is 11.3 Å². The van der Waals surface area contributed by atoms with E-state index >= 15 is 0 Å². The predicted octanol–water partition coefficient (Wildman–Crippen LogP) is 3.06. The van der Waals surface area contributed by atoms with E-state index < -0.39 is 0 Å². The van der Waals surface area contributed by atoms with E-state index in [0.29, 0.717) is 18.3 Å². The standard InChI is InChI=1S/C19H20N4O2S/c1-14-4-2-5-15(12-14)18-20-17(21-25-18)13-22-7-9-23(10-8-22)19(24)16-6-3-11-26-16/h2-6,11-12H,7-10,13H2,1H3. The normalized spacial score (nSPS) is 15.3. The largest absolute Gasteiger partial charge is 0.335 e. The molecule has 1 aromatic carbocycles. The average molecular weight is 368 g/mol. The second-order valence-electron chi connectivity index (χ2n) is 6.43. The third kappa shape index (κ3) is 3.68. The van der Waals surface area contributed by atoms with Crippen LogP contribution in [0.1, 0.15) is 21.1 Å². The molecule has 1 amide bonds. The molecular weight excluding hydrogens is 348 g/mol. The van der Waals surface area contributed by atoms with E-state index in [-0.39, 0.29) is 5.91 Å². The third-order valence-corrected chi connectivity index (χ3v) is 5.35. The van der Waals surface area contributed by atoms with Gasteiger partial charge in [-0.05, 0) is 30.5 Å². The number of rotatable bonds is 4. The topological polar surface area (TPSA) is 62.5 Å². The van der Waals surface area contributed by atoms with Crippen LogP contribution in [0, 0.1) is 6.92 Å². The van der Waals surface area contributed by atoms with Gasteiger partial charge in [-0.2, -0.15) is 4.98 Å². The molecule has 134 valence electrons. The Kier molecular flexibility index (Phi) is 4.81. The number of hydrogen-bond donors (Lipinski definition) is 0. The number of carbonyl (C=O) groups is 1. The maximum absolute atomic E-state index is 12.4. The van der Waals surface area contributed by atoms with Crippen LogP contribution < -0.4 is 0 Å². The van der Waals surface area contributed by atoms with Crippen molar-refractivity contribution in [2.24, 2.45) is 0 Å². The first-order valence-electron chi connectivity index (χ1n) is 8.64. The summed E-state index contributed by atoms with van der Waals surface area (Å²) >= 11 is 1.49. The van der Waals surface area contributed by atoms with Gasteiger partial charge in [-0.1, -0.05) is 28.9 Å². The monoisotopic (exact) mass is 368 g/mol. The highest BCUT2D eigenvalue weighted by Gasteiger charge is 2.23. The van der Waals surface area contributed by atoms with Crippen LogP contribution in [0.15, 0.2) is 46.3 Å². The van der Waals surface area contributed by atoms with Gasteiger partial charge in [-0.25, -0.2) is 0 Å². The molecule has 1 saturated heterocycles. The molecule has 1 fully saturated rings. The smallest absolute Gasteiger partial charge is 0.264 e. The Hall–Kier alpha value is -2.51. The number of aryl methyl sites for hydroxylation is 1. The summed E-state index contributed by atoms with van der Waals surface area (Å²) in [7, 11) is 0. The average Bonchev–Trinajstić information content (AvgIpc) is 3.34. The van der Waals surface area contributed by atoms with Crippen molar-refractivity contribution in [3.05, 3.63) is 58.0 Å². The van der Waals surface area contributed by atoms with Gasteiger partial charge in [0.2, 0.25) is 0 Å². The molecule has 0 atom stereocenters. The van der Waals surface area contributed by atoms with Crippen molar-refractivity contribution in [3.63, 3.8) is 0 Å². The lowest BCUT2D eigenvalue weighted by Crippen LogP contribution is -2.48. The molecule has 0 spiro atoms. The summed E-state index contributed by atoms with van der Waals surface area (Å²) in [5.41, 5.74) is 2.10. The first kappa shape index (κ1) is 16.9. The molecule has 0 bridgehead atoms. The quantitative estimate of drug-likeness (QED) is 0.708. The number of benzene rings is 1. The molecule has 1 aliphatic heterocycles. The lowest BCUT2D eigenvalue weighted by Gasteiger charge is -2.33. The van der Waals surface area contributed by atoms with Crippen LogP contribution in [-0.4, -0.2) is 52.0 Å². The molecule has 1 aliphatic rings. The van der Waals surface area contributed by atoms with Crippen molar-refractivity contribution < 1.29 is 9.32 Å². The SMILES string of the molecule is Cc1cccc(-c2nc(CN3CCN(C(=O)c4cccs4)CC3)no2)c1. The molecular formula is C19H20N4O2S. The summed E-state index contributed by atoms with van der Waals surface area (Å²) in [6, 6.07) is 11.8. The summed E-state index contributed by atoms with van der Waals surface area (Å²) in [5, 5.41) is 6.04. The third-order valence-electron chi connectivity index (χ3n) is 4.49. The minimum atomic E-state index is 0.126. The zero-order chi connectivity index (χ0) is 17.9. The molecule has 3 aromatic rings. The number of nitrogens with zero attached hydrogens (tertiary/aromatic N) is 4. The van der Waals surface area contributed by atoms with Crippen LogP contribution >= 0.6 is 11.3 Å². The first-order valence-corrected chi connectivity index (χ1v) is 9.52. The fraction of sp³-hybridized carbons (Fsp3) is 0.316. The summed E-state index contributed by atoms with van der Waals surface area (Å²) in [5.74, 6) is 1.36. The molecule has 0 N–H and O–H groups in total. The van der Waals surface area contributed by atoms with E-state index in [2.05, 4.69) is 15.0 Å². The predicted molar refractivity (Wildman–Crippen MR) is 100.0 cm³/mol. The van der Waals surface area contributed by atoms with E-state index in [1.165, 1.54) is 11.3 Å². The maximum atomic E-state index is 12.4. The van der Waals surface area contributed by atoms with Gasteiger partial charge in [0.25, 0.3) is 11.8 Å². The van der Waals surface area contributed by atoms with Crippen molar-refractivity contribution in [2.45, 2.75) is 13.5 Å². The van der Waals surface area contributed by atoms with Crippen molar-refractivity contribution in [1.29, 1.82) is 0 Å². The van der Waals surface area contributed by atoms with Crippen molar-refractivity contribution in [1.82, 2.24) is 19.9 Å². The zero-order valence-electron chi connectivity index (χ0n) is 14.6. The first-order chi connectivity index (χ1) is 12.7. The molecule has 3 heterocycles. The molecule has 0 unspecified atom stereocenters. The van der Waals surface area contributed by atoms with Gasteiger partial charge in [0.15, 0.2) is 5.82 Å². The molecule has 26 heavy (non-hydrogen) atoms. The fourth-order valence-corrected chi connectivity index (χ4v) is 3.77. The number of aromatic nitrogens is 2. The van der Waals surface area contributed by atoms with E-state index in [1.54, 1.807) is 0 Å². The van der Waals surface area contributed by atoms with Gasteiger partial charge >= 0.3 is 0 Å². The van der Waals surface area contributed by atoms with Gasteiger partial charge in [0.1, 0.15) is 0 Å². The minimum absolute atomic E-state index is 0.126. The van der Waals surface area contributed by atoms with Gasteiger partial charge in [0, 0.05) is 31.7 Å². The Morgan fingerprint density at radius 2 is 2.04 bits per heavy atom. The molecule has 6 nitrogen and oxygen atoms in total. The molecule has 4 rings (SSSR count). The Morgan fingerprint density at radius 3 is 2.77 bits per heavy atom. The number of amides is 1. The second-order valence-corrected chi connectivity index (χ2v) is 7.38. The van der Waals surface area contributed by atoms with Gasteiger partial charge in [-0.3, -0.25) is 9.69 Å². The van der Waals surface area contributed by atoms with Gasteiger partial charge < -0.3 is 9.42 Å². The van der Waals surface area contributed by atoms with E-state index in [1.807, 2.05) is 53.6 Å². The van der Waals surface area contributed by atoms with Crippen LogP contribution in [0.25, 0.3) is 11.5 Å². The highest BCUT2D eigenvalue weighted by atomic mass is 32.1. The van der Waals surface area contributed by atoms with E-state index in [9.17, 15) is 4.79 Å². The Labute approximate surface area is 156 Å². The van der Waals surface area contributed by atoms with Crippen molar-refractivity contribution in [3.8, 4) is 11.5 Å². The number of carbonyl (C=O) groups excluding carboxylic acids is 1. The van der Waals surface area contributed by atoms with Crippen molar-refractivity contribution >= 4 is 17.2 Å². The maximum Gasteiger partial charge on any atom is 0.264 e. The Morgan fingerprint density at radius 1 is 1.19 bits per heavy atom. The number of piperazine rings is 1. The van der Waals surface area contributed by atoms with Crippen LogP contribution in [0.2, 0.25) is 0 Å². The van der Waals surface area contributed by atoms with Crippen LogP contribution in [0.4, 0.5) is 0 Å². The summed E-state index contributed by atoms with van der Waals surface area (Å²) in [4.78, 5) is 21.9. The van der Waals surface area contributed by atoms with E-state index in [4.69, 9.17) is 4.52 Å². The highest BCUT2D eigenvalue weighted by molar-refractivity contribution is 7.12.